The van der Waals surface area contributed by atoms with E-state index < -0.39 is 0 Å². The molecule has 0 saturated carbocycles. The lowest BCUT2D eigenvalue weighted by Gasteiger charge is -2.20. The molecule has 0 amide bonds. The average molecular weight is 315 g/mol. The molecule has 0 fully saturated rings. The van der Waals surface area contributed by atoms with Gasteiger partial charge in [0.25, 0.3) is 0 Å². The zero-order valence-corrected chi connectivity index (χ0v) is 12.7. The zero-order chi connectivity index (χ0) is 13.8. The van der Waals surface area contributed by atoms with Gasteiger partial charge in [0.05, 0.1) is 6.04 Å². The highest BCUT2D eigenvalue weighted by Crippen LogP contribution is 2.31. The Balaban J connectivity index is 2.45. The van der Waals surface area contributed by atoms with Crippen LogP contribution in [-0.2, 0) is 0 Å². The third-order valence-electron chi connectivity index (χ3n) is 2.86. The van der Waals surface area contributed by atoms with Crippen molar-refractivity contribution in [2.75, 3.05) is 6.54 Å². The van der Waals surface area contributed by atoms with Gasteiger partial charge in [0.1, 0.15) is 0 Å². The number of hydrogen-bond donors (Lipinski definition) is 1. The minimum absolute atomic E-state index is 0.00784. The number of benzene rings is 2. The van der Waals surface area contributed by atoms with Crippen LogP contribution in [0.15, 0.2) is 42.5 Å². The van der Waals surface area contributed by atoms with Crippen molar-refractivity contribution in [1.29, 1.82) is 0 Å². The second kappa shape index (κ2) is 6.62. The summed E-state index contributed by atoms with van der Waals surface area (Å²) >= 11 is 18.3. The standard InChI is InChI=1S/C15H14Cl3N/c1-2-19-15(10-4-3-5-11(16)8-10)13-7-6-12(17)9-14(13)18/h3-9,15,19H,2H2,1H3. The largest absolute Gasteiger partial charge is 0.306 e. The van der Waals surface area contributed by atoms with E-state index in [1.54, 1.807) is 6.07 Å². The summed E-state index contributed by atoms with van der Waals surface area (Å²) in [5.74, 6) is 0. The smallest absolute Gasteiger partial charge is 0.0591 e. The zero-order valence-electron chi connectivity index (χ0n) is 10.5. The molecular formula is C15H14Cl3N. The van der Waals surface area contributed by atoms with Gasteiger partial charge in [0.2, 0.25) is 0 Å². The molecule has 100 valence electrons. The van der Waals surface area contributed by atoms with Crippen LogP contribution in [0.5, 0.6) is 0 Å². The van der Waals surface area contributed by atoms with E-state index >= 15 is 0 Å². The highest BCUT2D eigenvalue weighted by atomic mass is 35.5. The second-order valence-electron chi connectivity index (χ2n) is 4.21. The molecule has 1 unspecified atom stereocenters. The van der Waals surface area contributed by atoms with Crippen LogP contribution in [0, 0.1) is 0 Å². The summed E-state index contributed by atoms with van der Waals surface area (Å²) in [7, 11) is 0. The van der Waals surface area contributed by atoms with Crippen LogP contribution >= 0.6 is 34.8 Å². The molecule has 0 saturated heterocycles. The molecule has 2 aromatic carbocycles. The minimum atomic E-state index is 0.00784. The Bertz CT molecular complexity index is 569. The maximum atomic E-state index is 6.29. The lowest BCUT2D eigenvalue weighted by molar-refractivity contribution is 0.631. The van der Waals surface area contributed by atoms with Gasteiger partial charge in [-0.1, -0.05) is 59.9 Å². The summed E-state index contributed by atoms with van der Waals surface area (Å²) in [6, 6.07) is 13.3. The Kier molecular flexibility index (Phi) is 5.12. The summed E-state index contributed by atoms with van der Waals surface area (Å²) in [6.07, 6.45) is 0. The molecule has 0 radical (unpaired) electrons. The highest BCUT2D eigenvalue weighted by molar-refractivity contribution is 6.35. The predicted molar refractivity (Wildman–Crippen MR) is 83.4 cm³/mol. The molecule has 1 N–H and O–H groups in total. The molecule has 0 aliphatic heterocycles. The fourth-order valence-corrected chi connectivity index (χ4v) is 2.75. The van der Waals surface area contributed by atoms with Gasteiger partial charge in [-0.05, 0) is 41.9 Å². The van der Waals surface area contributed by atoms with Crippen molar-refractivity contribution in [2.45, 2.75) is 13.0 Å². The molecule has 19 heavy (non-hydrogen) atoms. The lowest BCUT2D eigenvalue weighted by atomic mass is 9.98. The van der Waals surface area contributed by atoms with E-state index in [0.717, 1.165) is 17.7 Å². The topological polar surface area (TPSA) is 12.0 Å². The van der Waals surface area contributed by atoms with E-state index in [0.29, 0.717) is 15.1 Å². The number of hydrogen-bond acceptors (Lipinski definition) is 1. The van der Waals surface area contributed by atoms with Crippen molar-refractivity contribution in [3.05, 3.63) is 68.7 Å². The van der Waals surface area contributed by atoms with Gasteiger partial charge in [-0.25, -0.2) is 0 Å². The van der Waals surface area contributed by atoms with Crippen molar-refractivity contribution >= 4 is 34.8 Å². The summed E-state index contributed by atoms with van der Waals surface area (Å²) in [5.41, 5.74) is 2.08. The Hall–Kier alpha value is -0.730. The molecule has 0 aliphatic carbocycles. The summed E-state index contributed by atoms with van der Waals surface area (Å²) in [6.45, 7) is 2.89. The maximum Gasteiger partial charge on any atom is 0.0591 e. The average Bonchev–Trinajstić information content (AvgIpc) is 2.37. The van der Waals surface area contributed by atoms with Gasteiger partial charge < -0.3 is 5.32 Å². The first-order chi connectivity index (χ1) is 9.11. The van der Waals surface area contributed by atoms with E-state index in [4.69, 9.17) is 34.8 Å². The number of nitrogens with one attached hydrogen (secondary N) is 1. The number of halogens is 3. The maximum absolute atomic E-state index is 6.29. The number of rotatable bonds is 4. The Morgan fingerprint density at radius 2 is 1.74 bits per heavy atom. The molecule has 0 bridgehead atoms. The van der Waals surface area contributed by atoms with Crippen LogP contribution in [0.25, 0.3) is 0 Å². The predicted octanol–water partition coefficient (Wildman–Crippen LogP) is 5.35. The van der Waals surface area contributed by atoms with Gasteiger partial charge in [-0.2, -0.15) is 0 Å². The minimum Gasteiger partial charge on any atom is -0.306 e. The van der Waals surface area contributed by atoms with Crippen LogP contribution in [-0.4, -0.2) is 6.54 Å². The molecule has 1 atom stereocenters. The van der Waals surface area contributed by atoms with Gasteiger partial charge in [0.15, 0.2) is 0 Å². The van der Waals surface area contributed by atoms with E-state index in [-0.39, 0.29) is 6.04 Å². The molecule has 2 aromatic rings. The van der Waals surface area contributed by atoms with E-state index in [1.807, 2.05) is 36.4 Å². The summed E-state index contributed by atoms with van der Waals surface area (Å²) < 4.78 is 0. The van der Waals surface area contributed by atoms with Gasteiger partial charge in [-0.15, -0.1) is 0 Å². The van der Waals surface area contributed by atoms with Crippen molar-refractivity contribution in [3.63, 3.8) is 0 Å². The molecule has 0 aromatic heterocycles. The van der Waals surface area contributed by atoms with E-state index in [9.17, 15) is 0 Å². The fraction of sp³-hybridized carbons (Fsp3) is 0.200. The first kappa shape index (κ1) is 14.7. The van der Waals surface area contributed by atoms with E-state index in [1.165, 1.54) is 0 Å². The summed E-state index contributed by atoms with van der Waals surface area (Å²) in [4.78, 5) is 0. The van der Waals surface area contributed by atoms with Crippen LogP contribution < -0.4 is 5.32 Å². The van der Waals surface area contributed by atoms with Crippen molar-refractivity contribution in [2.24, 2.45) is 0 Å². The summed E-state index contributed by atoms with van der Waals surface area (Å²) in [5, 5.41) is 5.42. The lowest BCUT2D eigenvalue weighted by Crippen LogP contribution is -2.22. The Morgan fingerprint density at radius 3 is 2.37 bits per heavy atom. The van der Waals surface area contributed by atoms with Crippen LogP contribution in [0.1, 0.15) is 24.1 Å². The highest BCUT2D eigenvalue weighted by Gasteiger charge is 2.16. The SMILES string of the molecule is CCNC(c1cccc(Cl)c1)c1ccc(Cl)cc1Cl. The fourth-order valence-electron chi connectivity index (χ4n) is 2.03. The molecule has 0 heterocycles. The second-order valence-corrected chi connectivity index (χ2v) is 5.49. The van der Waals surface area contributed by atoms with Crippen LogP contribution in [0.3, 0.4) is 0 Å². The molecule has 2 rings (SSSR count). The molecule has 4 heteroatoms. The van der Waals surface area contributed by atoms with Gasteiger partial charge in [-0.3, -0.25) is 0 Å². The molecular weight excluding hydrogens is 301 g/mol. The van der Waals surface area contributed by atoms with E-state index in [2.05, 4.69) is 12.2 Å². The van der Waals surface area contributed by atoms with Gasteiger partial charge in [0, 0.05) is 15.1 Å². The van der Waals surface area contributed by atoms with Gasteiger partial charge >= 0.3 is 0 Å². The first-order valence-electron chi connectivity index (χ1n) is 6.05. The van der Waals surface area contributed by atoms with Crippen molar-refractivity contribution in [1.82, 2.24) is 5.32 Å². The van der Waals surface area contributed by atoms with Crippen molar-refractivity contribution < 1.29 is 0 Å². The normalized spacial score (nSPS) is 12.4. The Labute approximate surface area is 128 Å². The third kappa shape index (κ3) is 3.64. The molecule has 0 spiro atoms. The quantitative estimate of drug-likeness (QED) is 0.802. The van der Waals surface area contributed by atoms with Crippen LogP contribution in [0.4, 0.5) is 0 Å². The molecule has 1 nitrogen and oxygen atoms in total. The molecule has 0 aliphatic rings. The third-order valence-corrected chi connectivity index (χ3v) is 3.66. The Morgan fingerprint density at radius 1 is 1.00 bits per heavy atom. The first-order valence-corrected chi connectivity index (χ1v) is 7.19. The van der Waals surface area contributed by atoms with Crippen LogP contribution in [0.2, 0.25) is 15.1 Å². The van der Waals surface area contributed by atoms with Crippen molar-refractivity contribution in [3.8, 4) is 0 Å². The monoisotopic (exact) mass is 313 g/mol.